The lowest BCUT2D eigenvalue weighted by Gasteiger charge is -2.09. The fraction of sp³-hybridized carbons (Fsp3) is 0.0625. The number of amides is 1. The van der Waals surface area contributed by atoms with Gasteiger partial charge in [-0.3, -0.25) is 14.9 Å². The highest BCUT2D eigenvalue weighted by Crippen LogP contribution is 2.28. The molecule has 2 aromatic carbocycles. The van der Waals surface area contributed by atoms with Gasteiger partial charge in [-0.1, -0.05) is 0 Å². The van der Waals surface area contributed by atoms with Crippen molar-refractivity contribution in [3.63, 3.8) is 0 Å². The predicted octanol–water partition coefficient (Wildman–Crippen LogP) is 2.91. The molecule has 0 aliphatic carbocycles. The van der Waals surface area contributed by atoms with Crippen LogP contribution in [0, 0.1) is 10.1 Å². The summed E-state index contributed by atoms with van der Waals surface area (Å²) in [6.45, 7) is 0. The van der Waals surface area contributed by atoms with E-state index < -0.39 is 25.9 Å². The summed E-state index contributed by atoms with van der Waals surface area (Å²) in [5, 5.41) is 13.0. The second-order valence-corrected chi connectivity index (χ2v) is 6.32. The molecule has 0 spiro atoms. The molecule has 0 saturated heterocycles. The van der Waals surface area contributed by atoms with Crippen molar-refractivity contribution in [2.75, 3.05) is 12.4 Å². The van der Waals surface area contributed by atoms with E-state index in [9.17, 15) is 27.2 Å². The molecule has 0 atom stereocenters. The van der Waals surface area contributed by atoms with Crippen LogP contribution in [0.4, 0.5) is 15.3 Å². The van der Waals surface area contributed by atoms with Gasteiger partial charge in [-0.05, 0) is 35.9 Å². The lowest BCUT2D eigenvalue weighted by molar-refractivity contribution is -0.384. The molecule has 0 heterocycles. The fourth-order valence-electron chi connectivity index (χ4n) is 1.98. The summed E-state index contributed by atoms with van der Waals surface area (Å²) < 4.78 is 39.7. The number of non-ortho nitro benzene ring substituents is 1. The van der Waals surface area contributed by atoms with Gasteiger partial charge in [0.1, 0.15) is 10.6 Å². The third kappa shape index (κ3) is 4.86. The molecule has 8 nitrogen and oxygen atoms in total. The van der Waals surface area contributed by atoms with Gasteiger partial charge >= 0.3 is 10.2 Å². The molecule has 0 aliphatic heterocycles. The van der Waals surface area contributed by atoms with Crippen LogP contribution in [0.25, 0.3) is 6.08 Å². The van der Waals surface area contributed by atoms with Crippen LogP contribution in [0.3, 0.4) is 0 Å². The molecule has 2 rings (SSSR count). The maximum atomic E-state index is 13.0. The smallest absolute Gasteiger partial charge is 0.332 e. The van der Waals surface area contributed by atoms with E-state index in [0.29, 0.717) is 5.56 Å². The van der Waals surface area contributed by atoms with Crippen LogP contribution in [-0.2, 0) is 15.0 Å². The number of carbonyl (C=O) groups is 1. The molecule has 1 N–H and O–H groups in total. The Labute approximate surface area is 148 Å². The van der Waals surface area contributed by atoms with Crippen molar-refractivity contribution in [2.24, 2.45) is 0 Å². The lowest BCUT2D eigenvalue weighted by Crippen LogP contribution is -2.09. The summed E-state index contributed by atoms with van der Waals surface area (Å²) in [6, 6.07) is 8.70. The Morgan fingerprint density at radius 2 is 1.88 bits per heavy atom. The summed E-state index contributed by atoms with van der Waals surface area (Å²) in [4.78, 5) is 21.4. The zero-order chi connectivity index (χ0) is 19.3. The number of hydrogen-bond acceptors (Lipinski definition) is 6. The largest absolute Gasteiger partial charge is 0.495 e. The number of anilines is 1. The number of methoxy groups -OCH3 is 1. The van der Waals surface area contributed by atoms with Crippen molar-refractivity contribution in [1.82, 2.24) is 0 Å². The first-order valence-corrected chi connectivity index (χ1v) is 8.45. The van der Waals surface area contributed by atoms with Crippen molar-refractivity contribution in [3.05, 3.63) is 64.2 Å². The number of nitro benzene ring substituents is 1. The number of hydrogen-bond donors (Lipinski definition) is 1. The topological polar surface area (TPSA) is 116 Å². The molecule has 0 saturated carbocycles. The second kappa shape index (κ2) is 7.74. The lowest BCUT2D eigenvalue weighted by atomic mass is 10.2. The van der Waals surface area contributed by atoms with E-state index in [-0.39, 0.29) is 17.1 Å². The zero-order valence-corrected chi connectivity index (χ0v) is 14.2. The summed E-state index contributed by atoms with van der Waals surface area (Å²) >= 11 is 0. The third-order valence-corrected chi connectivity index (χ3v) is 4.06. The number of halogens is 1. The Morgan fingerprint density at radius 3 is 2.42 bits per heavy atom. The minimum absolute atomic E-state index is 0.0270. The van der Waals surface area contributed by atoms with Crippen LogP contribution in [0.5, 0.6) is 5.75 Å². The van der Waals surface area contributed by atoms with E-state index >= 15 is 0 Å². The van der Waals surface area contributed by atoms with Gasteiger partial charge in [0, 0.05) is 24.3 Å². The van der Waals surface area contributed by atoms with E-state index in [2.05, 4.69) is 5.32 Å². The van der Waals surface area contributed by atoms with Gasteiger partial charge in [0.2, 0.25) is 5.91 Å². The molecule has 0 unspecified atom stereocenters. The summed E-state index contributed by atoms with van der Waals surface area (Å²) in [5.74, 6) is -0.585. The average Bonchev–Trinajstić information content (AvgIpc) is 2.59. The fourth-order valence-corrected chi connectivity index (χ4v) is 2.46. The highest BCUT2D eigenvalue weighted by molar-refractivity contribution is 7.86. The van der Waals surface area contributed by atoms with E-state index in [0.717, 1.165) is 12.1 Å². The van der Waals surface area contributed by atoms with Crippen LogP contribution in [0.2, 0.25) is 0 Å². The number of nitrogens with one attached hydrogen (secondary N) is 1. The molecule has 0 bridgehead atoms. The first kappa shape index (κ1) is 19.1. The van der Waals surface area contributed by atoms with Crippen LogP contribution < -0.4 is 10.1 Å². The van der Waals surface area contributed by atoms with Gasteiger partial charge in [0.05, 0.1) is 17.7 Å². The van der Waals surface area contributed by atoms with Crippen LogP contribution >= 0.6 is 0 Å². The molecule has 10 heteroatoms. The molecule has 1 amide bonds. The van der Waals surface area contributed by atoms with Gasteiger partial charge in [0.15, 0.2) is 0 Å². The molecule has 0 aromatic heterocycles. The Balaban J connectivity index is 2.13. The molecular weight excluding hydrogens is 367 g/mol. The van der Waals surface area contributed by atoms with Crippen molar-refractivity contribution < 1.29 is 26.8 Å². The molecule has 0 radical (unpaired) electrons. The minimum Gasteiger partial charge on any atom is -0.495 e. The Morgan fingerprint density at radius 1 is 1.23 bits per heavy atom. The Hall–Kier alpha value is -3.27. The highest BCUT2D eigenvalue weighted by Gasteiger charge is 2.15. The number of nitro groups is 1. The molecule has 0 fully saturated rings. The number of nitrogens with zero attached hydrogens (tertiary/aromatic N) is 1. The standard InChI is InChI=1S/C16H13FN2O6S/c1-25-15-10-13(26(17,23)24)7-8-14(15)18-16(20)9-4-11-2-5-12(6-3-11)19(21)22/h2-10H,1H3,(H,18,20). The Bertz CT molecular complexity index is 971. The van der Waals surface area contributed by atoms with Crippen molar-refractivity contribution >= 4 is 33.6 Å². The van der Waals surface area contributed by atoms with E-state index in [1.165, 1.54) is 49.6 Å². The number of ether oxygens (including phenoxy) is 1. The average molecular weight is 380 g/mol. The van der Waals surface area contributed by atoms with E-state index in [1.807, 2.05) is 0 Å². The number of carbonyl (C=O) groups excluding carboxylic acids is 1. The van der Waals surface area contributed by atoms with Gasteiger partial charge < -0.3 is 10.1 Å². The predicted molar refractivity (Wildman–Crippen MR) is 92.0 cm³/mol. The van der Waals surface area contributed by atoms with Crippen molar-refractivity contribution in [3.8, 4) is 5.75 Å². The number of rotatable bonds is 6. The van der Waals surface area contributed by atoms with Crippen molar-refractivity contribution in [1.29, 1.82) is 0 Å². The summed E-state index contributed by atoms with van der Waals surface area (Å²) in [6.07, 6.45) is 2.62. The normalized spacial score (nSPS) is 11.3. The molecular formula is C16H13FN2O6S. The quantitative estimate of drug-likeness (QED) is 0.356. The highest BCUT2D eigenvalue weighted by atomic mass is 32.3. The van der Waals surface area contributed by atoms with E-state index in [4.69, 9.17) is 4.74 Å². The SMILES string of the molecule is COc1cc(S(=O)(=O)F)ccc1NC(=O)C=Cc1ccc([N+](=O)[O-])cc1. The Kier molecular flexibility index (Phi) is 5.68. The third-order valence-electron chi connectivity index (χ3n) is 3.24. The van der Waals surface area contributed by atoms with Crippen LogP contribution in [0.1, 0.15) is 5.56 Å². The molecule has 0 aliphatic rings. The summed E-state index contributed by atoms with van der Waals surface area (Å²) in [5.41, 5.74) is 0.647. The van der Waals surface area contributed by atoms with E-state index in [1.54, 1.807) is 0 Å². The first-order valence-electron chi connectivity index (χ1n) is 7.07. The number of benzene rings is 2. The second-order valence-electron chi connectivity index (χ2n) is 4.97. The van der Waals surface area contributed by atoms with Crippen LogP contribution in [0.15, 0.2) is 53.4 Å². The zero-order valence-electron chi connectivity index (χ0n) is 13.4. The maximum Gasteiger partial charge on any atom is 0.332 e. The molecule has 2 aromatic rings. The van der Waals surface area contributed by atoms with Gasteiger partial charge in [-0.2, -0.15) is 8.42 Å². The monoisotopic (exact) mass is 380 g/mol. The minimum atomic E-state index is -4.89. The van der Waals surface area contributed by atoms with Crippen LogP contribution in [-0.4, -0.2) is 26.4 Å². The first-order chi connectivity index (χ1) is 12.2. The van der Waals surface area contributed by atoms with Crippen molar-refractivity contribution in [2.45, 2.75) is 4.90 Å². The summed E-state index contributed by atoms with van der Waals surface area (Å²) in [7, 11) is -3.65. The molecule has 136 valence electrons. The maximum absolute atomic E-state index is 13.0. The van der Waals surface area contributed by atoms with Gasteiger partial charge in [-0.15, -0.1) is 3.89 Å². The molecule has 26 heavy (non-hydrogen) atoms. The van der Waals surface area contributed by atoms with Gasteiger partial charge in [-0.25, -0.2) is 0 Å². The van der Waals surface area contributed by atoms with Gasteiger partial charge in [0.25, 0.3) is 5.69 Å².